The summed E-state index contributed by atoms with van der Waals surface area (Å²) in [4.78, 5) is 0. The maximum Gasteiger partial charge on any atom is 0.274 e. The first-order valence-corrected chi connectivity index (χ1v) is 6.74. The van der Waals surface area contributed by atoms with Crippen molar-refractivity contribution in [2.75, 3.05) is 7.11 Å². The van der Waals surface area contributed by atoms with Gasteiger partial charge < -0.3 is 14.6 Å². The van der Waals surface area contributed by atoms with Crippen molar-refractivity contribution >= 4 is 0 Å². The summed E-state index contributed by atoms with van der Waals surface area (Å²) in [7, 11) is 1.71. The van der Waals surface area contributed by atoms with Crippen LogP contribution in [0, 0.1) is 0 Å². The first-order valence-electron chi connectivity index (χ1n) is 6.74. The van der Waals surface area contributed by atoms with Crippen LogP contribution in [-0.2, 0) is 10.3 Å². The zero-order valence-corrected chi connectivity index (χ0v) is 12.6. The summed E-state index contributed by atoms with van der Waals surface area (Å²) in [6.07, 6.45) is 0. The van der Waals surface area contributed by atoms with Gasteiger partial charge in [0.2, 0.25) is 0 Å². The molecule has 2 aromatic carbocycles. The molecular formula is C18H20O3. The van der Waals surface area contributed by atoms with Gasteiger partial charge in [-0.3, -0.25) is 0 Å². The zero-order chi connectivity index (χ0) is 15.5. The normalized spacial score (nSPS) is 11.2. The Bertz CT molecular complexity index is 610. The van der Waals surface area contributed by atoms with Gasteiger partial charge in [0.25, 0.3) is 5.95 Å². The van der Waals surface area contributed by atoms with Gasteiger partial charge in [-0.2, -0.15) is 0 Å². The molecule has 0 bridgehead atoms. The van der Waals surface area contributed by atoms with Crippen molar-refractivity contribution in [2.24, 2.45) is 0 Å². The molecule has 0 amide bonds. The number of aliphatic hydroxyl groups excluding tert-OH is 1. The highest BCUT2D eigenvalue weighted by molar-refractivity contribution is 5.64. The molecule has 0 aromatic heterocycles. The lowest BCUT2D eigenvalue weighted by Crippen LogP contribution is -2.19. The van der Waals surface area contributed by atoms with E-state index in [0.717, 1.165) is 16.7 Å². The van der Waals surface area contributed by atoms with Gasteiger partial charge >= 0.3 is 0 Å². The van der Waals surface area contributed by atoms with Gasteiger partial charge in [-0.1, -0.05) is 36.4 Å². The third-order valence-corrected chi connectivity index (χ3v) is 3.51. The van der Waals surface area contributed by atoms with Crippen LogP contribution in [0.1, 0.15) is 19.4 Å². The molecule has 0 heterocycles. The number of hydrogen-bond acceptors (Lipinski definition) is 3. The minimum atomic E-state index is -0.311. The van der Waals surface area contributed by atoms with Crippen molar-refractivity contribution in [1.29, 1.82) is 0 Å². The lowest BCUT2D eigenvalue weighted by Gasteiger charge is -2.23. The minimum absolute atomic E-state index is 0.294. The lowest BCUT2D eigenvalue weighted by molar-refractivity contribution is 0.0192. The van der Waals surface area contributed by atoms with Crippen molar-refractivity contribution in [1.82, 2.24) is 0 Å². The summed E-state index contributed by atoms with van der Waals surface area (Å²) in [6, 6.07) is 15.7. The predicted octanol–water partition coefficient (Wildman–Crippen LogP) is 4.64. The van der Waals surface area contributed by atoms with E-state index in [2.05, 4.69) is 30.8 Å². The summed E-state index contributed by atoms with van der Waals surface area (Å²) in [5, 5.41) is 8.99. The van der Waals surface area contributed by atoms with E-state index in [1.165, 1.54) is 0 Å². The van der Waals surface area contributed by atoms with Crippen LogP contribution >= 0.6 is 0 Å². The Morgan fingerprint density at radius 2 is 1.43 bits per heavy atom. The maximum atomic E-state index is 8.99. The summed E-state index contributed by atoms with van der Waals surface area (Å²) in [6.45, 7) is 7.37. The topological polar surface area (TPSA) is 38.7 Å². The molecule has 0 aliphatic carbocycles. The lowest BCUT2D eigenvalue weighted by atomic mass is 9.95. The van der Waals surface area contributed by atoms with E-state index >= 15 is 0 Å². The average molecular weight is 284 g/mol. The van der Waals surface area contributed by atoms with E-state index in [9.17, 15) is 0 Å². The number of hydrogen-bond donors (Lipinski definition) is 1. The van der Waals surface area contributed by atoms with Crippen LogP contribution in [-0.4, -0.2) is 12.2 Å². The van der Waals surface area contributed by atoms with E-state index < -0.39 is 0 Å². The average Bonchev–Trinajstić information content (AvgIpc) is 2.47. The molecule has 2 rings (SSSR count). The number of benzene rings is 2. The van der Waals surface area contributed by atoms with E-state index in [0.29, 0.717) is 5.75 Å². The number of ether oxygens (including phenoxy) is 2. The fraction of sp³-hybridized carbons (Fsp3) is 0.222. The second-order valence-electron chi connectivity index (χ2n) is 5.31. The molecule has 0 unspecified atom stereocenters. The first-order chi connectivity index (χ1) is 9.92. The van der Waals surface area contributed by atoms with Gasteiger partial charge in [-0.25, -0.2) is 0 Å². The van der Waals surface area contributed by atoms with E-state index in [1.54, 1.807) is 19.2 Å². The van der Waals surface area contributed by atoms with Crippen LogP contribution in [0.5, 0.6) is 5.75 Å². The maximum absolute atomic E-state index is 8.99. The number of rotatable bonds is 5. The molecule has 3 nitrogen and oxygen atoms in total. The molecular weight excluding hydrogens is 264 g/mol. The van der Waals surface area contributed by atoms with Gasteiger partial charge in [0.05, 0.1) is 5.60 Å². The molecule has 0 saturated heterocycles. The molecule has 0 aliphatic rings. The Morgan fingerprint density at radius 3 is 1.86 bits per heavy atom. The van der Waals surface area contributed by atoms with E-state index in [4.69, 9.17) is 14.6 Å². The molecule has 110 valence electrons. The van der Waals surface area contributed by atoms with Gasteiger partial charge in [0.15, 0.2) is 0 Å². The highest BCUT2D eigenvalue weighted by Crippen LogP contribution is 2.28. The standard InChI is InChI=1S/C18H20O3/c1-13(19)21-17-11-7-15(8-12-17)14-5-9-16(10-6-14)18(2,3)20-4/h5-12,19H,1H2,2-4H3. The Labute approximate surface area is 125 Å². The smallest absolute Gasteiger partial charge is 0.274 e. The third kappa shape index (κ3) is 3.64. The predicted molar refractivity (Wildman–Crippen MR) is 84.3 cm³/mol. The molecule has 2 aromatic rings. The summed E-state index contributed by atoms with van der Waals surface area (Å²) in [5.41, 5.74) is 3.02. The van der Waals surface area contributed by atoms with Crippen LogP contribution in [0.4, 0.5) is 0 Å². The number of methoxy groups -OCH3 is 1. The summed E-state index contributed by atoms with van der Waals surface area (Å²) < 4.78 is 10.5. The molecule has 3 heteroatoms. The second kappa shape index (κ2) is 6.02. The summed E-state index contributed by atoms with van der Waals surface area (Å²) in [5.74, 6) is 0.247. The molecule has 0 spiro atoms. The van der Waals surface area contributed by atoms with Crippen LogP contribution in [0.25, 0.3) is 11.1 Å². The molecule has 0 aliphatic heterocycles. The Balaban J connectivity index is 2.21. The zero-order valence-electron chi connectivity index (χ0n) is 12.6. The van der Waals surface area contributed by atoms with Crippen LogP contribution < -0.4 is 4.74 Å². The van der Waals surface area contributed by atoms with Gasteiger partial charge in [-0.05, 0) is 49.2 Å². The fourth-order valence-electron chi connectivity index (χ4n) is 2.03. The third-order valence-electron chi connectivity index (χ3n) is 3.51. The molecule has 0 atom stereocenters. The Kier molecular flexibility index (Phi) is 4.34. The van der Waals surface area contributed by atoms with Crippen LogP contribution in [0.3, 0.4) is 0 Å². The summed E-state index contributed by atoms with van der Waals surface area (Å²) >= 11 is 0. The van der Waals surface area contributed by atoms with Gasteiger partial charge in [0.1, 0.15) is 5.75 Å². The van der Waals surface area contributed by atoms with Crippen molar-refractivity contribution in [3.8, 4) is 16.9 Å². The van der Waals surface area contributed by atoms with Crippen LogP contribution in [0.15, 0.2) is 61.1 Å². The van der Waals surface area contributed by atoms with Gasteiger partial charge in [-0.15, -0.1) is 0 Å². The minimum Gasteiger partial charge on any atom is -0.481 e. The fourth-order valence-corrected chi connectivity index (χ4v) is 2.03. The Hall–Kier alpha value is -2.26. The van der Waals surface area contributed by atoms with E-state index in [1.807, 2.05) is 26.0 Å². The monoisotopic (exact) mass is 284 g/mol. The quantitative estimate of drug-likeness (QED) is 0.813. The molecule has 1 N–H and O–H groups in total. The SMILES string of the molecule is C=C(O)Oc1ccc(-c2ccc(C(C)(C)OC)cc2)cc1. The van der Waals surface area contributed by atoms with Crippen molar-refractivity contribution in [3.05, 3.63) is 66.6 Å². The van der Waals surface area contributed by atoms with E-state index in [-0.39, 0.29) is 11.5 Å². The Morgan fingerprint density at radius 1 is 0.952 bits per heavy atom. The highest BCUT2D eigenvalue weighted by atomic mass is 16.6. The number of aliphatic hydroxyl groups is 1. The van der Waals surface area contributed by atoms with Crippen molar-refractivity contribution in [2.45, 2.75) is 19.4 Å². The van der Waals surface area contributed by atoms with Crippen LogP contribution in [0.2, 0.25) is 0 Å². The molecule has 21 heavy (non-hydrogen) atoms. The van der Waals surface area contributed by atoms with Gasteiger partial charge in [0, 0.05) is 7.11 Å². The van der Waals surface area contributed by atoms with Crippen molar-refractivity contribution in [3.63, 3.8) is 0 Å². The highest BCUT2D eigenvalue weighted by Gasteiger charge is 2.18. The largest absolute Gasteiger partial charge is 0.481 e. The molecule has 0 saturated carbocycles. The van der Waals surface area contributed by atoms with Crippen molar-refractivity contribution < 1.29 is 14.6 Å². The molecule has 0 fully saturated rings. The first kappa shape index (κ1) is 15.1. The molecule has 0 radical (unpaired) electrons. The second-order valence-corrected chi connectivity index (χ2v) is 5.31.